The first-order valence-electron chi connectivity index (χ1n) is 5.39. The zero-order valence-corrected chi connectivity index (χ0v) is 10.1. The van der Waals surface area contributed by atoms with Crippen LogP contribution in [0.1, 0.15) is 0 Å². The van der Waals surface area contributed by atoms with Crippen LogP contribution in [0, 0.1) is 0 Å². The second-order valence-electron chi connectivity index (χ2n) is 3.88. The molecule has 18 heavy (non-hydrogen) atoms. The van der Waals surface area contributed by atoms with Crippen molar-refractivity contribution in [3.05, 3.63) is 47.5 Å². The highest BCUT2D eigenvalue weighted by molar-refractivity contribution is 6.30. The topological polar surface area (TPSA) is 64.1 Å². The van der Waals surface area contributed by atoms with E-state index in [1.165, 1.54) is 0 Å². The number of nitrogens with zero attached hydrogens (tertiary/aromatic N) is 1. The van der Waals surface area contributed by atoms with Crippen LogP contribution in [0.5, 0.6) is 0 Å². The van der Waals surface area contributed by atoms with E-state index in [-0.39, 0.29) is 0 Å². The molecule has 0 unspecified atom stereocenters. The lowest BCUT2D eigenvalue weighted by atomic mass is 10.3. The SMILES string of the molecule is Nc1ccc2nc(Nc3cccc(Cl)c3)oc2c1. The molecule has 3 N–H and O–H groups in total. The third kappa shape index (κ3) is 2.10. The Morgan fingerprint density at radius 3 is 2.89 bits per heavy atom. The standard InChI is InChI=1S/C13H10ClN3O/c14-8-2-1-3-10(6-8)16-13-17-11-5-4-9(15)7-12(11)18-13/h1-7H,15H2,(H,16,17). The number of nitrogens with one attached hydrogen (secondary N) is 1. The number of nitrogen functional groups attached to an aromatic ring is 1. The predicted octanol–water partition coefficient (Wildman–Crippen LogP) is 3.81. The van der Waals surface area contributed by atoms with E-state index in [9.17, 15) is 0 Å². The van der Waals surface area contributed by atoms with E-state index in [1.54, 1.807) is 24.3 Å². The third-order valence-electron chi connectivity index (χ3n) is 2.49. The molecular formula is C13H10ClN3O. The second-order valence-corrected chi connectivity index (χ2v) is 4.32. The lowest BCUT2D eigenvalue weighted by molar-refractivity contribution is 0.623. The average molecular weight is 260 g/mol. The van der Waals surface area contributed by atoms with E-state index in [0.29, 0.717) is 22.3 Å². The number of hydrogen-bond donors (Lipinski definition) is 2. The molecule has 3 rings (SSSR count). The minimum Gasteiger partial charge on any atom is -0.423 e. The Labute approximate surface area is 108 Å². The Hall–Kier alpha value is -2.20. The van der Waals surface area contributed by atoms with Gasteiger partial charge in [0, 0.05) is 22.5 Å². The molecule has 4 nitrogen and oxygen atoms in total. The van der Waals surface area contributed by atoms with Crippen LogP contribution in [0.15, 0.2) is 46.9 Å². The zero-order chi connectivity index (χ0) is 12.5. The first-order valence-corrected chi connectivity index (χ1v) is 5.77. The molecule has 1 aromatic heterocycles. The molecule has 0 atom stereocenters. The van der Waals surface area contributed by atoms with Crippen molar-refractivity contribution < 1.29 is 4.42 Å². The number of anilines is 3. The normalized spacial score (nSPS) is 10.7. The average Bonchev–Trinajstić information content (AvgIpc) is 2.70. The molecule has 1 heterocycles. The summed E-state index contributed by atoms with van der Waals surface area (Å²) in [6, 6.07) is 13.1. The van der Waals surface area contributed by atoms with E-state index in [4.69, 9.17) is 21.8 Å². The number of oxazole rings is 1. The monoisotopic (exact) mass is 259 g/mol. The van der Waals surface area contributed by atoms with E-state index >= 15 is 0 Å². The van der Waals surface area contributed by atoms with Gasteiger partial charge in [0.1, 0.15) is 5.52 Å². The number of rotatable bonds is 2. The van der Waals surface area contributed by atoms with Gasteiger partial charge in [0.25, 0.3) is 6.01 Å². The van der Waals surface area contributed by atoms with Gasteiger partial charge in [-0.2, -0.15) is 4.98 Å². The van der Waals surface area contributed by atoms with Crippen molar-refractivity contribution in [2.24, 2.45) is 0 Å². The molecule has 0 saturated carbocycles. The van der Waals surface area contributed by atoms with Crippen LogP contribution in [0.25, 0.3) is 11.1 Å². The first kappa shape index (κ1) is 10.9. The Balaban J connectivity index is 1.95. The predicted molar refractivity (Wildman–Crippen MR) is 73.2 cm³/mol. The summed E-state index contributed by atoms with van der Waals surface area (Å²) in [6.07, 6.45) is 0. The number of benzene rings is 2. The summed E-state index contributed by atoms with van der Waals surface area (Å²) in [5.41, 5.74) is 8.56. The van der Waals surface area contributed by atoms with Crippen molar-refractivity contribution in [1.82, 2.24) is 4.98 Å². The largest absolute Gasteiger partial charge is 0.423 e. The van der Waals surface area contributed by atoms with Crippen LogP contribution in [-0.2, 0) is 0 Å². The summed E-state index contributed by atoms with van der Waals surface area (Å²) in [5, 5.41) is 3.70. The van der Waals surface area contributed by atoms with Gasteiger partial charge < -0.3 is 15.5 Å². The van der Waals surface area contributed by atoms with Crippen LogP contribution < -0.4 is 11.1 Å². The maximum atomic E-state index is 5.90. The van der Waals surface area contributed by atoms with Crippen LogP contribution in [0.2, 0.25) is 5.02 Å². The molecule has 5 heteroatoms. The molecule has 0 fully saturated rings. The maximum absolute atomic E-state index is 5.90. The molecule has 0 spiro atoms. The van der Waals surface area contributed by atoms with Gasteiger partial charge in [-0.15, -0.1) is 0 Å². The zero-order valence-electron chi connectivity index (χ0n) is 9.35. The van der Waals surface area contributed by atoms with Crippen molar-refractivity contribution in [3.8, 4) is 0 Å². The van der Waals surface area contributed by atoms with Gasteiger partial charge in [-0.05, 0) is 30.3 Å². The van der Waals surface area contributed by atoms with Gasteiger partial charge in [-0.25, -0.2) is 0 Å². The maximum Gasteiger partial charge on any atom is 0.300 e. The van der Waals surface area contributed by atoms with Crippen LogP contribution >= 0.6 is 11.6 Å². The molecule has 0 amide bonds. The summed E-state index contributed by atoms with van der Waals surface area (Å²) in [4.78, 5) is 4.30. The quantitative estimate of drug-likeness (QED) is 0.687. The number of fused-ring (bicyclic) bond motifs is 1. The summed E-state index contributed by atoms with van der Waals surface area (Å²) in [6.45, 7) is 0. The van der Waals surface area contributed by atoms with Crippen LogP contribution in [-0.4, -0.2) is 4.98 Å². The minimum absolute atomic E-state index is 0.415. The summed E-state index contributed by atoms with van der Waals surface area (Å²) >= 11 is 5.90. The molecule has 90 valence electrons. The number of hydrogen-bond acceptors (Lipinski definition) is 4. The molecule has 0 radical (unpaired) electrons. The highest BCUT2D eigenvalue weighted by atomic mass is 35.5. The minimum atomic E-state index is 0.415. The van der Waals surface area contributed by atoms with Gasteiger partial charge >= 0.3 is 0 Å². The lowest BCUT2D eigenvalue weighted by Crippen LogP contribution is -1.89. The van der Waals surface area contributed by atoms with E-state index in [1.807, 2.05) is 18.2 Å². The van der Waals surface area contributed by atoms with Crippen molar-refractivity contribution in [1.29, 1.82) is 0 Å². The molecular weight excluding hydrogens is 250 g/mol. The summed E-state index contributed by atoms with van der Waals surface area (Å²) in [7, 11) is 0. The Morgan fingerprint density at radius 2 is 2.06 bits per heavy atom. The Kier molecular flexibility index (Phi) is 2.57. The fourth-order valence-electron chi connectivity index (χ4n) is 1.68. The molecule has 2 aromatic carbocycles. The van der Waals surface area contributed by atoms with Crippen LogP contribution in [0.3, 0.4) is 0 Å². The molecule has 0 aliphatic rings. The van der Waals surface area contributed by atoms with E-state index in [2.05, 4.69) is 10.3 Å². The van der Waals surface area contributed by atoms with E-state index < -0.39 is 0 Å². The highest BCUT2D eigenvalue weighted by Gasteiger charge is 2.06. The molecule has 0 bridgehead atoms. The van der Waals surface area contributed by atoms with Crippen molar-refractivity contribution in [2.45, 2.75) is 0 Å². The van der Waals surface area contributed by atoms with Gasteiger partial charge in [0.15, 0.2) is 5.58 Å². The van der Waals surface area contributed by atoms with E-state index in [0.717, 1.165) is 11.2 Å². The molecule has 0 aliphatic carbocycles. The van der Waals surface area contributed by atoms with Crippen molar-refractivity contribution >= 4 is 40.1 Å². The summed E-state index contributed by atoms with van der Waals surface area (Å²) < 4.78 is 5.55. The van der Waals surface area contributed by atoms with Gasteiger partial charge in [-0.1, -0.05) is 17.7 Å². The number of nitrogens with two attached hydrogens (primary N) is 1. The second kappa shape index (κ2) is 4.23. The van der Waals surface area contributed by atoms with Crippen LogP contribution in [0.4, 0.5) is 17.4 Å². The molecule has 0 saturated heterocycles. The van der Waals surface area contributed by atoms with Crippen molar-refractivity contribution in [3.63, 3.8) is 0 Å². The molecule has 0 aliphatic heterocycles. The lowest BCUT2D eigenvalue weighted by Gasteiger charge is -2.00. The smallest absolute Gasteiger partial charge is 0.300 e. The van der Waals surface area contributed by atoms with Gasteiger partial charge in [-0.3, -0.25) is 0 Å². The first-order chi connectivity index (χ1) is 8.70. The van der Waals surface area contributed by atoms with Crippen molar-refractivity contribution in [2.75, 3.05) is 11.1 Å². The highest BCUT2D eigenvalue weighted by Crippen LogP contribution is 2.24. The number of halogens is 1. The Bertz CT molecular complexity index is 708. The van der Waals surface area contributed by atoms with Gasteiger partial charge in [0.2, 0.25) is 0 Å². The summed E-state index contributed by atoms with van der Waals surface area (Å²) in [5.74, 6) is 0. The molecule has 3 aromatic rings. The fourth-order valence-corrected chi connectivity index (χ4v) is 1.87. The fraction of sp³-hybridized carbons (Fsp3) is 0. The number of aromatic nitrogens is 1. The third-order valence-corrected chi connectivity index (χ3v) is 2.72. The van der Waals surface area contributed by atoms with Gasteiger partial charge in [0.05, 0.1) is 0 Å². The Morgan fingerprint density at radius 1 is 1.17 bits per heavy atom.